The smallest absolute Gasteiger partial charge is 0.140 e. The molecule has 0 saturated carbocycles. The quantitative estimate of drug-likeness (QED) is 0.738. The fourth-order valence-corrected chi connectivity index (χ4v) is 3.08. The molecule has 2 aromatic rings. The maximum atomic E-state index is 6.40. The first-order chi connectivity index (χ1) is 8.22. The number of fused-ring (bicyclic) bond motifs is 1. The van der Waals surface area contributed by atoms with Crippen molar-refractivity contribution < 1.29 is 0 Å². The summed E-state index contributed by atoms with van der Waals surface area (Å²) >= 11 is 1.56. The Bertz CT molecular complexity index is 560. The number of aromatic nitrogens is 4. The van der Waals surface area contributed by atoms with Crippen LogP contribution in [0.5, 0.6) is 0 Å². The van der Waals surface area contributed by atoms with Crippen LogP contribution in [0.4, 0.5) is 5.82 Å². The molecule has 0 radical (unpaired) electrons. The Morgan fingerprint density at radius 3 is 2.88 bits per heavy atom. The Balaban J connectivity index is 2.18. The van der Waals surface area contributed by atoms with Gasteiger partial charge in [0, 0.05) is 11.9 Å². The van der Waals surface area contributed by atoms with Crippen LogP contribution >= 0.6 is 11.8 Å². The predicted octanol–water partition coefficient (Wildman–Crippen LogP) is 0.157. The molecule has 0 bridgehead atoms. The van der Waals surface area contributed by atoms with Crippen LogP contribution < -0.4 is 11.5 Å². The van der Waals surface area contributed by atoms with Crippen molar-refractivity contribution in [2.75, 3.05) is 11.5 Å². The third kappa shape index (κ3) is 1.47. The van der Waals surface area contributed by atoms with E-state index in [4.69, 9.17) is 11.5 Å². The van der Waals surface area contributed by atoms with Gasteiger partial charge < -0.3 is 11.5 Å². The van der Waals surface area contributed by atoms with Crippen molar-refractivity contribution in [3.8, 4) is 0 Å². The van der Waals surface area contributed by atoms with Gasteiger partial charge in [-0.2, -0.15) is 0 Å². The first kappa shape index (κ1) is 10.4. The lowest BCUT2D eigenvalue weighted by Crippen LogP contribution is -2.40. The molecule has 7 heteroatoms. The van der Waals surface area contributed by atoms with Gasteiger partial charge in [-0.15, -0.1) is 11.8 Å². The molecule has 0 saturated heterocycles. The zero-order chi connectivity index (χ0) is 11.9. The summed E-state index contributed by atoms with van der Waals surface area (Å²) in [5, 5.41) is 0. The number of hydrogen-bond donors (Lipinski definition) is 2. The van der Waals surface area contributed by atoms with Gasteiger partial charge in [0.2, 0.25) is 0 Å². The second-order valence-electron chi connectivity index (χ2n) is 3.79. The fraction of sp³-hybridized carbons (Fsp3) is 0.200. The van der Waals surface area contributed by atoms with Crippen molar-refractivity contribution in [1.82, 2.24) is 19.9 Å². The Hall–Kier alpha value is -1.73. The molecule has 1 aliphatic heterocycles. The molecule has 0 aromatic carbocycles. The molecule has 2 aromatic heterocycles. The summed E-state index contributed by atoms with van der Waals surface area (Å²) in [5.41, 5.74) is 13.0. The van der Waals surface area contributed by atoms with Crippen molar-refractivity contribution in [2.24, 2.45) is 5.73 Å². The van der Waals surface area contributed by atoms with Crippen molar-refractivity contribution >= 4 is 17.6 Å². The van der Waals surface area contributed by atoms with Crippen LogP contribution in [-0.4, -0.2) is 25.7 Å². The summed E-state index contributed by atoms with van der Waals surface area (Å²) in [7, 11) is 0. The molecule has 1 aliphatic rings. The van der Waals surface area contributed by atoms with Gasteiger partial charge in [0.25, 0.3) is 0 Å². The summed E-state index contributed by atoms with van der Waals surface area (Å²) in [6.45, 7) is 0. The Kier molecular flexibility index (Phi) is 2.23. The van der Waals surface area contributed by atoms with Gasteiger partial charge in [-0.3, -0.25) is 0 Å². The highest BCUT2D eigenvalue weighted by Gasteiger charge is 2.41. The minimum atomic E-state index is -0.708. The minimum absolute atomic E-state index is 0.474. The van der Waals surface area contributed by atoms with E-state index in [9.17, 15) is 0 Å². The van der Waals surface area contributed by atoms with E-state index in [1.165, 1.54) is 12.7 Å². The summed E-state index contributed by atoms with van der Waals surface area (Å²) in [6, 6.07) is 1.80. The van der Waals surface area contributed by atoms with Gasteiger partial charge in [0.05, 0.1) is 16.3 Å². The molecule has 6 nitrogen and oxygen atoms in total. The van der Waals surface area contributed by atoms with Crippen LogP contribution in [0.3, 0.4) is 0 Å². The van der Waals surface area contributed by atoms with Crippen LogP contribution in [0, 0.1) is 0 Å². The third-order valence-electron chi connectivity index (χ3n) is 2.74. The second kappa shape index (κ2) is 3.64. The zero-order valence-electron chi connectivity index (χ0n) is 8.87. The molecule has 17 heavy (non-hydrogen) atoms. The van der Waals surface area contributed by atoms with E-state index >= 15 is 0 Å². The standard InChI is InChI=1S/C10H10N6S/c11-9-7-8(15-5-16-9)10(12,3-17-7)6-1-2-13-4-14-6/h1-2,4-5H,3,12H2,(H2,11,15,16). The number of nitrogens with zero attached hydrogens (tertiary/aromatic N) is 4. The Labute approximate surface area is 102 Å². The normalized spacial score (nSPS) is 22.4. The zero-order valence-corrected chi connectivity index (χ0v) is 9.68. The van der Waals surface area contributed by atoms with Crippen LogP contribution in [-0.2, 0) is 5.54 Å². The summed E-state index contributed by atoms with van der Waals surface area (Å²) in [5.74, 6) is 1.13. The molecular formula is C10H10N6S. The van der Waals surface area contributed by atoms with Crippen LogP contribution in [0.25, 0.3) is 0 Å². The van der Waals surface area contributed by atoms with Crippen molar-refractivity contribution in [1.29, 1.82) is 0 Å². The van der Waals surface area contributed by atoms with Gasteiger partial charge in [-0.25, -0.2) is 19.9 Å². The largest absolute Gasteiger partial charge is 0.383 e. The van der Waals surface area contributed by atoms with E-state index in [0.29, 0.717) is 11.6 Å². The monoisotopic (exact) mass is 246 g/mol. The Morgan fingerprint density at radius 1 is 1.24 bits per heavy atom. The number of anilines is 1. The molecule has 86 valence electrons. The number of nitrogens with two attached hydrogens (primary N) is 2. The van der Waals surface area contributed by atoms with E-state index in [1.54, 1.807) is 24.0 Å². The third-order valence-corrected chi connectivity index (χ3v) is 4.03. The molecule has 1 unspecified atom stereocenters. The van der Waals surface area contributed by atoms with Gasteiger partial charge in [-0.1, -0.05) is 0 Å². The first-order valence-electron chi connectivity index (χ1n) is 5.01. The van der Waals surface area contributed by atoms with Crippen LogP contribution in [0.1, 0.15) is 11.4 Å². The highest BCUT2D eigenvalue weighted by atomic mass is 32.2. The molecule has 0 spiro atoms. The fourth-order valence-electron chi connectivity index (χ4n) is 1.85. The molecule has 1 atom stereocenters. The van der Waals surface area contributed by atoms with Crippen molar-refractivity contribution in [2.45, 2.75) is 10.4 Å². The van der Waals surface area contributed by atoms with Crippen molar-refractivity contribution in [3.63, 3.8) is 0 Å². The summed E-state index contributed by atoms with van der Waals surface area (Å²) < 4.78 is 0. The van der Waals surface area contributed by atoms with Gasteiger partial charge in [0.15, 0.2) is 0 Å². The minimum Gasteiger partial charge on any atom is -0.383 e. The summed E-state index contributed by atoms with van der Waals surface area (Å²) in [4.78, 5) is 17.2. The molecule has 0 fully saturated rings. The van der Waals surface area contributed by atoms with Gasteiger partial charge in [-0.05, 0) is 6.07 Å². The number of thioether (sulfide) groups is 1. The SMILES string of the molecule is Nc1ncnc2c1SCC2(N)c1ccncn1. The number of nitrogen functional groups attached to an aromatic ring is 1. The maximum absolute atomic E-state index is 6.40. The number of hydrogen-bond acceptors (Lipinski definition) is 7. The molecular weight excluding hydrogens is 236 g/mol. The lowest BCUT2D eigenvalue weighted by atomic mass is 9.94. The predicted molar refractivity (Wildman–Crippen MR) is 64.2 cm³/mol. The molecule has 0 aliphatic carbocycles. The molecule has 0 amide bonds. The van der Waals surface area contributed by atoms with Gasteiger partial charge in [0.1, 0.15) is 24.0 Å². The lowest BCUT2D eigenvalue weighted by molar-refractivity contribution is 0.570. The van der Waals surface area contributed by atoms with E-state index in [1.807, 2.05) is 0 Å². The highest BCUT2D eigenvalue weighted by molar-refractivity contribution is 7.99. The van der Waals surface area contributed by atoms with E-state index in [-0.39, 0.29) is 0 Å². The van der Waals surface area contributed by atoms with Crippen molar-refractivity contribution in [3.05, 3.63) is 36.3 Å². The van der Waals surface area contributed by atoms with Crippen LogP contribution in [0.2, 0.25) is 0 Å². The topological polar surface area (TPSA) is 104 Å². The molecule has 3 rings (SSSR count). The maximum Gasteiger partial charge on any atom is 0.140 e. The Morgan fingerprint density at radius 2 is 2.12 bits per heavy atom. The average Bonchev–Trinajstić information content (AvgIpc) is 2.72. The van der Waals surface area contributed by atoms with E-state index < -0.39 is 5.54 Å². The van der Waals surface area contributed by atoms with E-state index in [0.717, 1.165) is 16.3 Å². The average molecular weight is 246 g/mol. The highest BCUT2D eigenvalue weighted by Crippen LogP contribution is 2.44. The lowest BCUT2D eigenvalue weighted by Gasteiger charge is -2.22. The summed E-state index contributed by atoms with van der Waals surface area (Å²) in [6.07, 6.45) is 4.59. The second-order valence-corrected chi connectivity index (χ2v) is 4.78. The number of rotatable bonds is 1. The van der Waals surface area contributed by atoms with Crippen LogP contribution in [0.15, 0.2) is 29.8 Å². The van der Waals surface area contributed by atoms with Gasteiger partial charge >= 0.3 is 0 Å². The molecule has 3 heterocycles. The first-order valence-corrected chi connectivity index (χ1v) is 5.99. The molecule has 4 N–H and O–H groups in total. The van der Waals surface area contributed by atoms with E-state index in [2.05, 4.69) is 19.9 Å².